The van der Waals surface area contributed by atoms with Crippen molar-refractivity contribution in [3.63, 3.8) is 0 Å². The molecule has 162 valence electrons. The Morgan fingerprint density at radius 2 is 1.56 bits per heavy atom. The smallest absolute Gasteiger partial charge is 0.356 e. The van der Waals surface area contributed by atoms with Crippen LogP contribution in [-0.2, 0) is 0 Å². The van der Waals surface area contributed by atoms with Gasteiger partial charge in [-0.05, 0) is 41.0 Å². The molecular weight excluding hydrogens is 470 g/mol. The zero-order chi connectivity index (χ0) is 19.9. The summed E-state index contributed by atoms with van der Waals surface area (Å²) in [6.45, 7) is 13.8. The van der Waals surface area contributed by atoms with Crippen LogP contribution in [0, 0.1) is 0 Å². The number of hydrogen-bond acceptors (Lipinski definition) is 3. The lowest BCUT2D eigenvalue weighted by atomic mass is 10.2. The van der Waals surface area contributed by atoms with Gasteiger partial charge in [0.15, 0.2) is 5.96 Å². The molecule has 1 N–H and O–H groups in total. The highest BCUT2D eigenvalue weighted by atomic mass is 127. The molecule has 1 unspecified atom stereocenters. The number of nitrogens with one attached hydrogen (secondary N) is 1. The molecule has 1 aliphatic rings. The SMILES string of the molecule is CN=C(NCCCN(C(C)C)C(C)C)N1CCN(C(C)C(F)(F)F)CC1.I. The van der Waals surface area contributed by atoms with Crippen LogP contribution in [0.25, 0.3) is 0 Å². The monoisotopic (exact) mass is 507 g/mol. The molecule has 5 nitrogen and oxygen atoms in total. The van der Waals surface area contributed by atoms with Crippen LogP contribution >= 0.6 is 24.0 Å². The highest BCUT2D eigenvalue weighted by Crippen LogP contribution is 2.25. The van der Waals surface area contributed by atoms with Gasteiger partial charge in [-0.15, -0.1) is 24.0 Å². The summed E-state index contributed by atoms with van der Waals surface area (Å²) in [6, 6.07) is -0.367. The molecule has 1 atom stereocenters. The quantitative estimate of drug-likeness (QED) is 0.248. The summed E-state index contributed by atoms with van der Waals surface area (Å²) in [4.78, 5) is 10.3. The lowest BCUT2D eigenvalue weighted by molar-refractivity contribution is -0.181. The molecule has 0 spiro atoms. The third-order valence-electron chi connectivity index (χ3n) is 5.05. The van der Waals surface area contributed by atoms with Crippen LogP contribution in [0.2, 0.25) is 0 Å². The lowest BCUT2D eigenvalue weighted by Crippen LogP contribution is -2.56. The van der Waals surface area contributed by atoms with Gasteiger partial charge in [0, 0.05) is 58.4 Å². The van der Waals surface area contributed by atoms with Crippen molar-refractivity contribution in [3.05, 3.63) is 0 Å². The van der Waals surface area contributed by atoms with Gasteiger partial charge in [-0.25, -0.2) is 0 Å². The molecule has 1 fully saturated rings. The molecule has 0 amide bonds. The van der Waals surface area contributed by atoms with Crippen LogP contribution in [-0.4, -0.2) is 91.3 Å². The summed E-state index contributed by atoms with van der Waals surface area (Å²) in [6.07, 6.45) is -3.17. The first-order chi connectivity index (χ1) is 12.1. The fraction of sp³-hybridized carbons (Fsp3) is 0.944. The maximum Gasteiger partial charge on any atom is 0.403 e. The highest BCUT2D eigenvalue weighted by molar-refractivity contribution is 14.0. The second-order valence-corrected chi connectivity index (χ2v) is 7.49. The number of nitrogens with zero attached hydrogens (tertiary/aromatic N) is 4. The molecule has 1 heterocycles. The summed E-state index contributed by atoms with van der Waals surface area (Å²) in [5.74, 6) is 0.782. The first kappa shape index (κ1) is 26.7. The van der Waals surface area contributed by atoms with Crippen LogP contribution in [0.15, 0.2) is 4.99 Å². The Kier molecular flexibility index (Phi) is 12.2. The first-order valence-electron chi connectivity index (χ1n) is 9.60. The molecule has 27 heavy (non-hydrogen) atoms. The fourth-order valence-corrected chi connectivity index (χ4v) is 3.43. The topological polar surface area (TPSA) is 34.1 Å². The van der Waals surface area contributed by atoms with E-state index in [0.717, 1.165) is 25.5 Å². The van der Waals surface area contributed by atoms with Gasteiger partial charge in [-0.3, -0.25) is 14.8 Å². The summed E-state index contributed by atoms with van der Waals surface area (Å²) in [5, 5.41) is 3.36. The van der Waals surface area contributed by atoms with Gasteiger partial charge < -0.3 is 10.2 Å². The zero-order valence-corrected chi connectivity index (χ0v) is 19.8. The second kappa shape index (κ2) is 12.3. The number of alkyl halides is 3. The molecule has 0 aromatic carbocycles. The minimum Gasteiger partial charge on any atom is -0.356 e. The minimum atomic E-state index is -4.17. The van der Waals surface area contributed by atoms with Crippen molar-refractivity contribution in [1.29, 1.82) is 0 Å². The number of halogens is 4. The average molecular weight is 507 g/mol. The van der Waals surface area contributed by atoms with E-state index in [-0.39, 0.29) is 24.0 Å². The number of hydrogen-bond donors (Lipinski definition) is 1. The summed E-state index contributed by atoms with van der Waals surface area (Å²) < 4.78 is 38.5. The van der Waals surface area contributed by atoms with E-state index in [9.17, 15) is 13.2 Å². The van der Waals surface area contributed by atoms with E-state index in [0.29, 0.717) is 38.3 Å². The van der Waals surface area contributed by atoms with Gasteiger partial charge >= 0.3 is 6.18 Å². The number of piperazine rings is 1. The van der Waals surface area contributed by atoms with E-state index in [1.54, 1.807) is 7.05 Å². The van der Waals surface area contributed by atoms with Crippen LogP contribution in [0.4, 0.5) is 13.2 Å². The van der Waals surface area contributed by atoms with Crippen molar-refractivity contribution in [2.75, 3.05) is 46.3 Å². The summed E-state index contributed by atoms with van der Waals surface area (Å²) in [5.41, 5.74) is 0. The van der Waals surface area contributed by atoms with E-state index in [2.05, 4.69) is 42.9 Å². The third-order valence-corrected chi connectivity index (χ3v) is 5.05. The van der Waals surface area contributed by atoms with Crippen molar-refractivity contribution in [1.82, 2.24) is 20.0 Å². The number of aliphatic imine (C=N–C) groups is 1. The van der Waals surface area contributed by atoms with Gasteiger partial charge in [-0.1, -0.05) is 0 Å². The van der Waals surface area contributed by atoms with E-state index in [1.165, 1.54) is 11.8 Å². The molecule has 0 saturated carbocycles. The predicted molar refractivity (Wildman–Crippen MR) is 117 cm³/mol. The van der Waals surface area contributed by atoms with Gasteiger partial charge in [-0.2, -0.15) is 13.2 Å². The molecule has 9 heteroatoms. The van der Waals surface area contributed by atoms with E-state index in [4.69, 9.17) is 0 Å². The lowest BCUT2D eigenvalue weighted by Gasteiger charge is -2.39. The standard InChI is InChI=1S/C18H36F3N5.HI/c1-14(2)26(15(3)4)9-7-8-23-17(22-6)25-12-10-24(11-13-25)16(5)18(19,20)21;/h14-16H,7-13H2,1-6H3,(H,22,23);1H. The van der Waals surface area contributed by atoms with Crippen molar-refractivity contribution in [2.45, 2.75) is 65.3 Å². The minimum absolute atomic E-state index is 0. The van der Waals surface area contributed by atoms with Crippen LogP contribution in [0.5, 0.6) is 0 Å². The summed E-state index contributed by atoms with van der Waals surface area (Å²) in [7, 11) is 1.72. The Labute approximate surface area is 179 Å². The Morgan fingerprint density at radius 1 is 1.04 bits per heavy atom. The zero-order valence-electron chi connectivity index (χ0n) is 17.5. The Balaban J connectivity index is 0.00000676. The molecule has 1 saturated heterocycles. The molecule has 0 aromatic rings. The Hall–Kier alpha value is -0.290. The van der Waals surface area contributed by atoms with E-state index < -0.39 is 12.2 Å². The molecular formula is C18H37F3IN5. The maximum absolute atomic E-state index is 12.8. The number of rotatable bonds is 7. The normalized spacial score (nSPS) is 18.2. The largest absolute Gasteiger partial charge is 0.403 e. The van der Waals surface area contributed by atoms with Crippen LogP contribution in [0.1, 0.15) is 41.0 Å². The van der Waals surface area contributed by atoms with E-state index in [1.807, 2.05) is 4.90 Å². The van der Waals surface area contributed by atoms with Crippen LogP contribution in [0.3, 0.4) is 0 Å². The van der Waals surface area contributed by atoms with Gasteiger partial charge in [0.2, 0.25) is 0 Å². The Morgan fingerprint density at radius 3 is 1.96 bits per heavy atom. The molecule has 0 aliphatic carbocycles. The van der Waals surface area contributed by atoms with E-state index >= 15 is 0 Å². The maximum atomic E-state index is 12.8. The molecule has 1 aliphatic heterocycles. The van der Waals surface area contributed by atoms with Crippen molar-refractivity contribution >= 4 is 29.9 Å². The predicted octanol–water partition coefficient (Wildman–Crippen LogP) is 3.26. The van der Waals surface area contributed by atoms with Crippen molar-refractivity contribution < 1.29 is 13.2 Å². The van der Waals surface area contributed by atoms with Gasteiger partial charge in [0.05, 0.1) is 0 Å². The van der Waals surface area contributed by atoms with Crippen LogP contribution < -0.4 is 5.32 Å². The molecule has 0 aromatic heterocycles. The third kappa shape index (κ3) is 8.72. The average Bonchev–Trinajstić information content (AvgIpc) is 2.56. The number of guanidine groups is 1. The van der Waals surface area contributed by atoms with Crippen molar-refractivity contribution in [2.24, 2.45) is 4.99 Å². The molecule has 0 bridgehead atoms. The van der Waals surface area contributed by atoms with Crippen molar-refractivity contribution in [3.8, 4) is 0 Å². The molecule has 0 radical (unpaired) electrons. The Bertz CT molecular complexity index is 427. The second-order valence-electron chi connectivity index (χ2n) is 7.49. The van der Waals surface area contributed by atoms with Gasteiger partial charge in [0.25, 0.3) is 0 Å². The first-order valence-corrected chi connectivity index (χ1v) is 9.60. The molecule has 1 rings (SSSR count). The summed E-state index contributed by atoms with van der Waals surface area (Å²) >= 11 is 0. The fourth-order valence-electron chi connectivity index (χ4n) is 3.43. The highest BCUT2D eigenvalue weighted by Gasteiger charge is 2.41. The van der Waals surface area contributed by atoms with Gasteiger partial charge in [0.1, 0.15) is 6.04 Å².